The van der Waals surface area contributed by atoms with Crippen LogP contribution in [-0.2, 0) is 5.41 Å². The van der Waals surface area contributed by atoms with Gasteiger partial charge in [0.05, 0.1) is 0 Å². The summed E-state index contributed by atoms with van der Waals surface area (Å²) < 4.78 is 0. The van der Waals surface area contributed by atoms with Crippen molar-refractivity contribution in [3.63, 3.8) is 0 Å². The van der Waals surface area contributed by atoms with Gasteiger partial charge in [0, 0.05) is 16.5 Å². The van der Waals surface area contributed by atoms with Gasteiger partial charge in [-0.1, -0.05) is 148 Å². The number of hydrogen-bond acceptors (Lipinski definition) is 3. The van der Waals surface area contributed by atoms with Gasteiger partial charge in [0.15, 0.2) is 11.6 Å². The highest BCUT2D eigenvalue weighted by molar-refractivity contribution is 5.73. The largest absolute Gasteiger partial charge is 0.212 e. The molecule has 0 N–H and O–H groups in total. The van der Waals surface area contributed by atoms with Gasteiger partial charge in [0.2, 0.25) is 0 Å². The fraction of sp³-hybridized carbons (Fsp3) is 0.108. The van der Waals surface area contributed by atoms with E-state index in [0.29, 0.717) is 11.6 Å². The van der Waals surface area contributed by atoms with E-state index in [2.05, 4.69) is 142 Å². The first-order valence-electron chi connectivity index (χ1n) is 13.6. The SMILES string of the molecule is CC(C)(C)c1nc(-c2ccc(-c3ccc(-c4ccccc4)cc3)cc2)nc(-c2cccc(-c3ccccc3)c2)n1. The quantitative estimate of drug-likeness (QED) is 0.229. The van der Waals surface area contributed by atoms with Gasteiger partial charge in [-0.05, 0) is 39.4 Å². The van der Waals surface area contributed by atoms with E-state index in [-0.39, 0.29) is 5.41 Å². The summed E-state index contributed by atoms with van der Waals surface area (Å²) in [7, 11) is 0. The highest BCUT2D eigenvalue weighted by Crippen LogP contribution is 2.30. The number of nitrogens with zero attached hydrogens (tertiary/aromatic N) is 3. The maximum Gasteiger partial charge on any atom is 0.163 e. The van der Waals surface area contributed by atoms with Gasteiger partial charge in [0.25, 0.3) is 0 Å². The zero-order chi connectivity index (χ0) is 27.5. The molecule has 0 fully saturated rings. The van der Waals surface area contributed by atoms with Crippen LogP contribution >= 0.6 is 0 Å². The third kappa shape index (κ3) is 5.45. The molecular formula is C37H31N3. The van der Waals surface area contributed by atoms with E-state index in [1.807, 2.05) is 12.1 Å². The lowest BCUT2D eigenvalue weighted by atomic mass is 9.95. The molecule has 194 valence electrons. The van der Waals surface area contributed by atoms with Crippen molar-refractivity contribution in [3.8, 4) is 56.2 Å². The smallest absolute Gasteiger partial charge is 0.163 e. The third-order valence-corrected chi connectivity index (χ3v) is 7.00. The molecule has 0 unspecified atom stereocenters. The van der Waals surface area contributed by atoms with Crippen molar-refractivity contribution in [1.82, 2.24) is 15.0 Å². The van der Waals surface area contributed by atoms with Crippen molar-refractivity contribution >= 4 is 0 Å². The summed E-state index contributed by atoms with van der Waals surface area (Å²) in [5.41, 5.74) is 8.80. The highest BCUT2D eigenvalue weighted by atomic mass is 15.0. The molecule has 0 radical (unpaired) electrons. The average molecular weight is 518 g/mol. The Morgan fingerprint density at radius 2 is 0.725 bits per heavy atom. The second kappa shape index (κ2) is 10.7. The molecule has 40 heavy (non-hydrogen) atoms. The predicted molar refractivity (Wildman–Crippen MR) is 166 cm³/mol. The van der Waals surface area contributed by atoms with Crippen molar-refractivity contribution in [2.45, 2.75) is 26.2 Å². The fourth-order valence-corrected chi connectivity index (χ4v) is 4.74. The second-order valence-corrected chi connectivity index (χ2v) is 11.0. The summed E-state index contributed by atoms with van der Waals surface area (Å²) in [5.74, 6) is 2.15. The first-order chi connectivity index (χ1) is 19.4. The Bertz CT molecular complexity index is 1730. The fourth-order valence-electron chi connectivity index (χ4n) is 4.74. The Hall–Kier alpha value is -4.89. The lowest BCUT2D eigenvalue weighted by Crippen LogP contribution is -2.18. The minimum Gasteiger partial charge on any atom is -0.212 e. The normalized spacial score (nSPS) is 11.4. The van der Waals surface area contributed by atoms with Crippen LogP contribution in [0.4, 0.5) is 0 Å². The molecule has 0 saturated heterocycles. The summed E-state index contributed by atoms with van der Waals surface area (Å²) in [6.45, 7) is 6.41. The summed E-state index contributed by atoms with van der Waals surface area (Å²) in [5, 5.41) is 0. The van der Waals surface area contributed by atoms with Gasteiger partial charge in [0.1, 0.15) is 5.82 Å². The molecule has 3 heteroatoms. The molecule has 0 aliphatic carbocycles. The molecule has 0 saturated carbocycles. The molecule has 5 aromatic carbocycles. The molecule has 0 spiro atoms. The molecule has 1 heterocycles. The van der Waals surface area contributed by atoms with Crippen molar-refractivity contribution < 1.29 is 0 Å². The van der Waals surface area contributed by atoms with E-state index in [1.165, 1.54) is 22.3 Å². The van der Waals surface area contributed by atoms with Crippen molar-refractivity contribution in [2.24, 2.45) is 0 Å². The second-order valence-electron chi connectivity index (χ2n) is 11.0. The van der Waals surface area contributed by atoms with E-state index in [4.69, 9.17) is 15.0 Å². The van der Waals surface area contributed by atoms with Crippen molar-refractivity contribution in [3.05, 3.63) is 139 Å². The minimum atomic E-state index is -0.218. The van der Waals surface area contributed by atoms with Gasteiger partial charge in [-0.25, -0.2) is 15.0 Å². The molecular weight excluding hydrogens is 486 g/mol. The summed E-state index contributed by atoms with van der Waals surface area (Å²) in [4.78, 5) is 14.8. The number of benzene rings is 5. The molecule has 0 aliphatic rings. The Balaban J connectivity index is 1.34. The Morgan fingerprint density at radius 1 is 0.350 bits per heavy atom. The summed E-state index contributed by atoms with van der Waals surface area (Å²) in [6.07, 6.45) is 0. The highest BCUT2D eigenvalue weighted by Gasteiger charge is 2.21. The standard InChI is InChI=1S/C37H31N3/c1-37(2,3)36-39-34(38-35(40-36)33-16-10-15-32(25-33)27-13-8-5-9-14-27)31-23-21-30(22-24-31)29-19-17-28(18-20-29)26-11-6-4-7-12-26/h4-25H,1-3H3. The van der Waals surface area contributed by atoms with Crippen LogP contribution in [0.2, 0.25) is 0 Å². The molecule has 0 bridgehead atoms. The van der Waals surface area contributed by atoms with Gasteiger partial charge >= 0.3 is 0 Å². The maximum atomic E-state index is 4.95. The third-order valence-electron chi connectivity index (χ3n) is 7.00. The van der Waals surface area contributed by atoms with Crippen LogP contribution in [0.1, 0.15) is 26.6 Å². The molecule has 0 atom stereocenters. The number of rotatable bonds is 5. The van der Waals surface area contributed by atoms with Gasteiger partial charge in [-0.3, -0.25) is 0 Å². The lowest BCUT2D eigenvalue weighted by Gasteiger charge is -2.18. The van der Waals surface area contributed by atoms with Crippen LogP contribution in [-0.4, -0.2) is 15.0 Å². The Labute approximate surface area is 236 Å². The minimum absolute atomic E-state index is 0.218. The van der Waals surface area contributed by atoms with Crippen LogP contribution in [0.3, 0.4) is 0 Å². The van der Waals surface area contributed by atoms with E-state index in [9.17, 15) is 0 Å². The topological polar surface area (TPSA) is 38.7 Å². The molecule has 0 amide bonds. The van der Waals surface area contributed by atoms with E-state index in [1.54, 1.807) is 0 Å². The zero-order valence-electron chi connectivity index (χ0n) is 23.0. The van der Waals surface area contributed by atoms with Crippen molar-refractivity contribution in [2.75, 3.05) is 0 Å². The summed E-state index contributed by atoms with van der Waals surface area (Å²) in [6, 6.07) is 46.5. The van der Waals surface area contributed by atoms with Gasteiger partial charge in [-0.2, -0.15) is 0 Å². The van der Waals surface area contributed by atoms with Crippen LogP contribution in [0.15, 0.2) is 133 Å². The van der Waals surface area contributed by atoms with E-state index in [0.717, 1.165) is 28.1 Å². The average Bonchev–Trinajstić information content (AvgIpc) is 3.01. The van der Waals surface area contributed by atoms with Gasteiger partial charge < -0.3 is 0 Å². The maximum absolute atomic E-state index is 4.95. The van der Waals surface area contributed by atoms with Crippen LogP contribution < -0.4 is 0 Å². The summed E-state index contributed by atoms with van der Waals surface area (Å²) >= 11 is 0. The predicted octanol–water partition coefficient (Wildman–Crippen LogP) is 9.50. The molecule has 0 aliphatic heterocycles. The van der Waals surface area contributed by atoms with Crippen LogP contribution in [0, 0.1) is 0 Å². The van der Waals surface area contributed by atoms with E-state index < -0.39 is 0 Å². The Morgan fingerprint density at radius 3 is 1.23 bits per heavy atom. The zero-order valence-corrected chi connectivity index (χ0v) is 23.0. The van der Waals surface area contributed by atoms with E-state index >= 15 is 0 Å². The first kappa shape index (κ1) is 25.4. The monoisotopic (exact) mass is 517 g/mol. The molecule has 1 aromatic heterocycles. The number of aromatic nitrogens is 3. The lowest BCUT2D eigenvalue weighted by molar-refractivity contribution is 0.543. The Kier molecular flexibility index (Phi) is 6.79. The first-order valence-corrected chi connectivity index (χ1v) is 13.6. The van der Waals surface area contributed by atoms with Crippen molar-refractivity contribution in [1.29, 1.82) is 0 Å². The van der Waals surface area contributed by atoms with Crippen LogP contribution in [0.5, 0.6) is 0 Å². The number of hydrogen-bond donors (Lipinski definition) is 0. The van der Waals surface area contributed by atoms with Gasteiger partial charge in [-0.15, -0.1) is 0 Å². The molecule has 6 rings (SSSR count). The molecule has 3 nitrogen and oxygen atoms in total. The molecule has 6 aromatic rings. The van der Waals surface area contributed by atoms with Crippen LogP contribution in [0.25, 0.3) is 56.2 Å².